The van der Waals surface area contributed by atoms with E-state index in [4.69, 9.17) is 8.83 Å². The summed E-state index contributed by atoms with van der Waals surface area (Å²) in [4.78, 5) is 4.56. The Bertz CT molecular complexity index is 892. The number of fused-ring (bicyclic) bond motifs is 1. The Hall–Kier alpha value is -2.33. The molecule has 0 saturated heterocycles. The van der Waals surface area contributed by atoms with E-state index < -0.39 is 0 Å². The van der Waals surface area contributed by atoms with Crippen molar-refractivity contribution >= 4 is 27.0 Å². The number of aromatic nitrogens is 1. The second kappa shape index (κ2) is 4.90. The maximum Gasteiger partial charge on any atom is 0.227 e. The van der Waals surface area contributed by atoms with Gasteiger partial charge in [-0.3, -0.25) is 0 Å². The van der Waals surface area contributed by atoms with E-state index in [1.807, 2.05) is 54.6 Å². The summed E-state index contributed by atoms with van der Waals surface area (Å²) in [6.45, 7) is 0. The minimum absolute atomic E-state index is 0.620. The average Bonchev–Trinajstić information content (AvgIpc) is 3.16. The summed E-state index contributed by atoms with van der Waals surface area (Å²) in [5, 5.41) is 0. The van der Waals surface area contributed by atoms with Crippen molar-refractivity contribution in [1.29, 1.82) is 0 Å². The molecule has 0 radical (unpaired) electrons. The lowest BCUT2D eigenvalue weighted by Gasteiger charge is -1.94. The molecular formula is C17H10BrNO2. The summed E-state index contributed by atoms with van der Waals surface area (Å²) in [6, 6.07) is 17.5. The standard InChI is InChI=1S/C17H10BrNO2/c18-13-6-3-11(4-7-13)17-19-14-10-12(5-8-16(14)21-17)15-2-1-9-20-15/h1-10H. The van der Waals surface area contributed by atoms with Gasteiger partial charge < -0.3 is 8.83 Å². The first-order chi connectivity index (χ1) is 10.3. The van der Waals surface area contributed by atoms with E-state index in [1.165, 1.54) is 0 Å². The quantitative estimate of drug-likeness (QED) is 0.482. The monoisotopic (exact) mass is 339 g/mol. The topological polar surface area (TPSA) is 39.2 Å². The molecule has 0 atom stereocenters. The molecule has 0 fully saturated rings. The molecule has 0 aliphatic heterocycles. The molecule has 0 unspecified atom stereocenters. The van der Waals surface area contributed by atoms with Crippen LogP contribution < -0.4 is 0 Å². The molecule has 21 heavy (non-hydrogen) atoms. The van der Waals surface area contributed by atoms with Crippen LogP contribution in [-0.2, 0) is 0 Å². The molecular weight excluding hydrogens is 330 g/mol. The minimum atomic E-state index is 0.620. The van der Waals surface area contributed by atoms with Crippen LogP contribution in [0.15, 0.2) is 74.2 Å². The van der Waals surface area contributed by atoms with E-state index in [9.17, 15) is 0 Å². The molecule has 0 amide bonds. The first kappa shape index (κ1) is 12.4. The van der Waals surface area contributed by atoms with Gasteiger partial charge in [0.05, 0.1) is 6.26 Å². The predicted octanol–water partition coefficient (Wildman–Crippen LogP) is 5.52. The van der Waals surface area contributed by atoms with Gasteiger partial charge in [0.2, 0.25) is 5.89 Å². The Kier molecular flexibility index (Phi) is 2.89. The number of oxazole rings is 1. The predicted molar refractivity (Wildman–Crippen MR) is 84.8 cm³/mol. The second-order valence-corrected chi connectivity index (χ2v) is 5.60. The highest BCUT2D eigenvalue weighted by atomic mass is 79.9. The van der Waals surface area contributed by atoms with Crippen LogP contribution in [-0.4, -0.2) is 4.98 Å². The van der Waals surface area contributed by atoms with Gasteiger partial charge >= 0.3 is 0 Å². The first-order valence-electron chi connectivity index (χ1n) is 6.50. The number of benzene rings is 2. The summed E-state index contributed by atoms with van der Waals surface area (Å²) in [5.41, 5.74) is 3.53. The molecule has 2 heterocycles. The van der Waals surface area contributed by atoms with Crippen molar-refractivity contribution in [2.45, 2.75) is 0 Å². The van der Waals surface area contributed by atoms with Crippen molar-refractivity contribution in [3.63, 3.8) is 0 Å². The van der Waals surface area contributed by atoms with Gasteiger partial charge in [-0.1, -0.05) is 15.9 Å². The highest BCUT2D eigenvalue weighted by molar-refractivity contribution is 9.10. The lowest BCUT2D eigenvalue weighted by molar-refractivity contribution is 0.582. The van der Waals surface area contributed by atoms with Gasteiger partial charge in [0.15, 0.2) is 5.58 Å². The molecule has 2 aromatic heterocycles. The number of rotatable bonds is 2. The van der Waals surface area contributed by atoms with Gasteiger partial charge in [0.25, 0.3) is 0 Å². The Balaban J connectivity index is 1.81. The van der Waals surface area contributed by atoms with Crippen LogP contribution in [0.2, 0.25) is 0 Å². The summed E-state index contributed by atoms with van der Waals surface area (Å²) in [6.07, 6.45) is 1.66. The Labute approximate surface area is 129 Å². The van der Waals surface area contributed by atoms with E-state index in [-0.39, 0.29) is 0 Å². The molecule has 0 spiro atoms. The Morgan fingerprint density at radius 1 is 0.905 bits per heavy atom. The molecule has 0 aliphatic rings. The summed E-state index contributed by atoms with van der Waals surface area (Å²) >= 11 is 3.42. The number of nitrogens with zero attached hydrogens (tertiary/aromatic N) is 1. The van der Waals surface area contributed by atoms with Crippen molar-refractivity contribution < 1.29 is 8.83 Å². The smallest absolute Gasteiger partial charge is 0.227 e. The maximum atomic E-state index is 5.81. The summed E-state index contributed by atoms with van der Waals surface area (Å²) < 4.78 is 12.2. The average molecular weight is 340 g/mol. The third-order valence-electron chi connectivity index (χ3n) is 3.28. The molecule has 0 bridgehead atoms. The van der Waals surface area contributed by atoms with Gasteiger partial charge in [-0.15, -0.1) is 0 Å². The van der Waals surface area contributed by atoms with Crippen LogP contribution >= 0.6 is 15.9 Å². The minimum Gasteiger partial charge on any atom is -0.464 e. The van der Waals surface area contributed by atoms with Crippen LogP contribution in [0, 0.1) is 0 Å². The normalized spacial score (nSPS) is 11.1. The highest BCUT2D eigenvalue weighted by Crippen LogP contribution is 2.29. The van der Waals surface area contributed by atoms with Gasteiger partial charge in [-0.05, 0) is 54.6 Å². The molecule has 102 valence electrons. The Morgan fingerprint density at radius 3 is 2.48 bits per heavy atom. The fourth-order valence-corrected chi connectivity index (χ4v) is 2.50. The zero-order chi connectivity index (χ0) is 14.2. The number of hydrogen-bond acceptors (Lipinski definition) is 3. The summed E-state index contributed by atoms with van der Waals surface area (Å²) in [7, 11) is 0. The number of hydrogen-bond donors (Lipinski definition) is 0. The third kappa shape index (κ3) is 2.28. The zero-order valence-corrected chi connectivity index (χ0v) is 12.5. The van der Waals surface area contributed by atoms with E-state index in [0.29, 0.717) is 5.89 Å². The van der Waals surface area contributed by atoms with Crippen LogP contribution in [0.25, 0.3) is 33.9 Å². The van der Waals surface area contributed by atoms with Crippen molar-refractivity contribution in [3.05, 3.63) is 65.3 Å². The molecule has 4 heteroatoms. The Morgan fingerprint density at radius 2 is 1.71 bits per heavy atom. The van der Waals surface area contributed by atoms with Gasteiger partial charge in [-0.25, -0.2) is 4.98 Å². The van der Waals surface area contributed by atoms with Crippen molar-refractivity contribution in [3.8, 4) is 22.8 Å². The fraction of sp³-hybridized carbons (Fsp3) is 0. The largest absolute Gasteiger partial charge is 0.464 e. The van der Waals surface area contributed by atoms with Crippen LogP contribution in [0.1, 0.15) is 0 Å². The second-order valence-electron chi connectivity index (χ2n) is 4.69. The van der Waals surface area contributed by atoms with E-state index >= 15 is 0 Å². The highest BCUT2D eigenvalue weighted by Gasteiger charge is 2.10. The van der Waals surface area contributed by atoms with E-state index in [0.717, 1.165) is 32.5 Å². The lowest BCUT2D eigenvalue weighted by Crippen LogP contribution is -1.76. The lowest BCUT2D eigenvalue weighted by atomic mass is 10.1. The van der Waals surface area contributed by atoms with E-state index in [1.54, 1.807) is 6.26 Å². The van der Waals surface area contributed by atoms with Gasteiger partial charge in [-0.2, -0.15) is 0 Å². The van der Waals surface area contributed by atoms with Crippen LogP contribution in [0.5, 0.6) is 0 Å². The SMILES string of the molecule is Brc1ccc(-c2nc3cc(-c4ccco4)ccc3o2)cc1. The first-order valence-corrected chi connectivity index (χ1v) is 7.29. The molecule has 2 aromatic carbocycles. The molecule has 0 aliphatic carbocycles. The maximum absolute atomic E-state index is 5.81. The molecule has 4 rings (SSSR count). The van der Waals surface area contributed by atoms with Crippen molar-refractivity contribution in [1.82, 2.24) is 4.98 Å². The third-order valence-corrected chi connectivity index (χ3v) is 3.81. The van der Waals surface area contributed by atoms with Crippen molar-refractivity contribution in [2.24, 2.45) is 0 Å². The van der Waals surface area contributed by atoms with Crippen molar-refractivity contribution in [2.75, 3.05) is 0 Å². The molecule has 3 nitrogen and oxygen atoms in total. The fourth-order valence-electron chi connectivity index (χ4n) is 2.24. The van der Waals surface area contributed by atoms with Gasteiger partial charge in [0, 0.05) is 15.6 Å². The van der Waals surface area contributed by atoms with Crippen LogP contribution in [0.4, 0.5) is 0 Å². The molecule has 0 N–H and O–H groups in total. The number of halogens is 1. The zero-order valence-electron chi connectivity index (χ0n) is 10.9. The van der Waals surface area contributed by atoms with E-state index in [2.05, 4.69) is 20.9 Å². The molecule has 0 saturated carbocycles. The molecule has 4 aromatic rings. The van der Waals surface area contributed by atoms with Gasteiger partial charge in [0.1, 0.15) is 11.3 Å². The number of furan rings is 1. The summed E-state index contributed by atoms with van der Waals surface area (Å²) in [5.74, 6) is 1.44. The van der Waals surface area contributed by atoms with Crippen LogP contribution in [0.3, 0.4) is 0 Å².